The second kappa shape index (κ2) is 5.72. The average molecular weight is 261 g/mol. The van der Waals surface area contributed by atoms with Crippen molar-refractivity contribution in [1.82, 2.24) is 4.98 Å². The predicted octanol–water partition coefficient (Wildman–Crippen LogP) is 2.31. The Morgan fingerprint density at radius 3 is 2.72 bits per heavy atom. The lowest BCUT2D eigenvalue weighted by atomic mass is 10.2. The third-order valence-corrected chi connectivity index (χ3v) is 1.95. The van der Waals surface area contributed by atoms with Crippen molar-refractivity contribution in [3.8, 4) is 5.75 Å². The molecule has 4 N–H and O–H groups in total. The third kappa shape index (κ3) is 5.05. The summed E-state index contributed by atoms with van der Waals surface area (Å²) < 4.78 is 40.0. The summed E-state index contributed by atoms with van der Waals surface area (Å²) in [4.78, 5) is 3.63. The number of nitrogens with two attached hydrogens (primary N) is 2. The molecule has 0 unspecified atom stereocenters. The zero-order chi connectivity index (χ0) is 13.8. The molecule has 0 radical (unpaired) electrons. The van der Waals surface area contributed by atoms with E-state index in [1.165, 1.54) is 12.3 Å². The SMILES string of the molecule is C[C@H](N)C/C=C/c1cnc(N)c(OC(F)(F)F)c1. The van der Waals surface area contributed by atoms with Crippen LogP contribution in [0.1, 0.15) is 18.9 Å². The van der Waals surface area contributed by atoms with Crippen molar-refractivity contribution in [3.63, 3.8) is 0 Å². The fourth-order valence-corrected chi connectivity index (χ4v) is 1.19. The van der Waals surface area contributed by atoms with Gasteiger partial charge in [0.15, 0.2) is 11.6 Å². The summed E-state index contributed by atoms with van der Waals surface area (Å²) in [5, 5.41) is 0. The minimum atomic E-state index is -4.79. The monoisotopic (exact) mass is 261 g/mol. The number of ether oxygens (including phenoxy) is 1. The van der Waals surface area contributed by atoms with Gasteiger partial charge in [0.05, 0.1) is 0 Å². The van der Waals surface area contributed by atoms with Crippen molar-refractivity contribution >= 4 is 11.9 Å². The van der Waals surface area contributed by atoms with Crippen molar-refractivity contribution in [1.29, 1.82) is 0 Å². The molecule has 1 aromatic heterocycles. The van der Waals surface area contributed by atoms with Crippen molar-refractivity contribution in [2.24, 2.45) is 5.73 Å². The number of alkyl halides is 3. The molecule has 0 bridgehead atoms. The molecule has 0 aliphatic heterocycles. The van der Waals surface area contributed by atoms with Crippen LogP contribution in [-0.2, 0) is 0 Å². The molecule has 0 aliphatic carbocycles. The molecule has 0 spiro atoms. The molecular formula is C11H14F3N3O. The smallest absolute Gasteiger partial charge is 0.402 e. The van der Waals surface area contributed by atoms with Crippen molar-refractivity contribution in [2.45, 2.75) is 25.7 Å². The van der Waals surface area contributed by atoms with Gasteiger partial charge in [-0.2, -0.15) is 0 Å². The van der Waals surface area contributed by atoms with Crippen LogP contribution in [0.3, 0.4) is 0 Å². The lowest BCUT2D eigenvalue weighted by Gasteiger charge is -2.10. The van der Waals surface area contributed by atoms with Crippen molar-refractivity contribution in [3.05, 3.63) is 23.9 Å². The Morgan fingerprint density at radius 1 is 1.50 bits per heavy atom. The number of nitrogen functional groups attached to an aromatic ring is 1. The number of anilines is 1. The number of rotatable bonds is 4. The predicted molar refractivity (Wildman–Crippen MR) is 62.6 cm³/mol. The van der Waals surface area contributed by atoms with E-state index in [1.54, 1.807) is 12.2 Å². The molecule has 0 fully saturated rings. The van der Waals surface area contributed by atoms with Gasteiger partial charge in [-0.05, 0) is 25.0 Å². The molecule has 1 atom stereocenters. The molecule has 18 heavy (non-hydrogen) atoms. The number of nitrogens with zero attached hydrogens (tertiary/aromatic N) is 1. The molecule has 1 rings (SSSR count). The van der Waals surface area contributed by atoms with E-state index in [1.807, 2.05) is 6.92 Å². The summed E-state index contributed by atoms with van der Waals surface area (Å²) in [5.74, 6) is -0.817. The van der Waals surface area contributed by atoms with Crippen LogP contribution < -0.4 is 16.2 Å². The maximum absolute atomic E-state index is 12.1. The normalized spacial score (nSPS) is 13.8. The van der Waals surface area contributed by atoms with E-state index >= 15 is 0 Å². The standard InChI is InChI=1S/C11H14F3N3O/c1-7(15)3-2-4-8-5-9(10(16)17-6-8)18-11(12,13)14/h2,4-7H,3,15H2,1H3,(H2,16,17)/b4-2+/t7-/m0/s1. The van der Waals surface area contributed by atoms with E-state index in [4.69, 9.17) is 11.5 Å². The molecule has 0 amide bonds. The largest absolute Gasteiger partial charge is 0.573 e. The van der Waals surface area contributed by atoms with Crippen LogP contribution in [0.2, 0.25) is 0 Å². The van der Waals surface area contributed by atoms with Crippen LogP contribution in [0.5, 0.6) is 5.75 Å². The summed E-state index contributed by atoms with van der Waals surface area (Å²) in [6.45, 7) is 1.82. The van der Waals surface area contributed by atoms with Gasteiger partial charge in [-0.15, -0.1) is 13.2 Å². The number of aromatic nitrogens is 1. The minimum Gasteiger partial charge on any atom is -0.402 e. The summed E-state index contributed by atoms with van der Waals surface area (Å²) >= 11 is 0. The van der Waals surface area contributed by atoms with Crippen molar-refractivity contribution < 1.29 is 17.9 Å². The molecule has 1 aromatic rings. The second-order valence-corrected chi connectivity index (χ2v) is 3.82. The van der Waals surface area contributed by atoms with E-state index in [9.17, 15) is 13.2 Å². The van der Waals surface area contributed by atoms with Crippen LogP contribution >= 0.6 is 0 Å². The molecule has 0 saturated carbocycles. The fraction of sp³-hybridized carbons (Fsp3) is 0.364. The Bertz CT molecular complexity index is 430. The number of hydrogen-bond donors (Lipinski definition) is 2. The maximum atomic E-state index is 12.1. The Labute approximate surface area is 102 Å². The van der Waals surface area contributed by atoms with E-state index in [2.05, 4.69) is 9.72 Å². The lowest BCUT2D eigenvalue weighted by Crippen LogP contribution is -2.18. The number of hydrogen-bond acceptors (Lipinski definition) is 4. The minimum absolute atomic E-state index is 0.0195. The van der Waals surface area contributed by atoms with Gasteiger partial charge in [0.1, 0.15) is 0 Å². The Balaban J connectivity index is 2.84. The Morgan fingerprint density at radius 2 is 2.17 bits per heavy atom. The van der Waals surface area contributed by atoms with Crippen LogP contribution in [0.4, 0.5) is 19.0 Å². The topological polar surface area (TPSA) is 74.2 Å². The first-order valence-electron chi connectivity index (χ1n) is 5.21. The van der Waals surface area contributed by atoms with Crippen LogP contribution in [0.25, 0.3) is 6.08 Å². The van der Waals surface area contributed by atoms with Crippen LogP contribution in [0.15, 0.2) is 18.3 Å². The van der Waals surface area contributed by atoms with E-state index < -0.39 is 12.1 Å². The van der Waals surface area contributed by atoms with Gasteiger partial charge < -0.3 is 16.2 Å². The first kappa shape index (κ1) is 14.3. The summed E-state index contributed by atoms with van der Waals surface area (Å²) in [7, 11) is 0. The second-order valence-electron chi connectivity index (χ2n) is 3.82. The van der Waals surface area contributed by atoms with E-state index in [-0.39, 0.29) is 11.9 Å². The zero-order valence-corrected chi connectivity index (χ0v) is 9.74. The van der Waals surface area contributed by atoms with Gasteiger partial charge in [-0.3, -0.25) is 0 Å². The Hall–Kier alpha value is -1.76. The molecule has 0 aliphatic rings. The van der Waals surface area contributed by atoms with Crippen LogP contribution in [0, 0.1) is 0 Å². The first-order valence-corrected chi connectivity index (χ1v) is 5.21. The maximum Gasteiger partial charge on any atom is 0.573 e. The molecule has 7 heteroatoms. The molecule has 0 aromatic carbocycles. The molecule has 0 saturated heterocycles. The molecule has 100 valence electrons. The summed E-state index contributed by atoms with van der Waals surface area (Å²) in [6.07, 6.45) is 0.536. The molecule has 4 nitrogen and oxygen atoms in total. The highest BCUT2D eigenvalue weighted by Crippen LogP contribution is 2.27. The van der Waals surface area contributed by atoms with E-state index in [0.29, 0.717) is 12.0 Å². The number of pyridine rings is 1. The quantitative estimate of drug-likeness (QED) is 0.872. The summed E-state index contributed by atoms with van der Waals surface area (Å²) in [6, 6.07) is 1.15. The number of halogens is 3. The highest BCUT2D eigenvalue weighted by atomic mass is 19.4. The highest BCUT2D eigenvalue weighted by molar-refractivity contribution is 5.56. The first-order chi connectivity index (χ1) is 8.28. The van der Waals surface area contributed by atoms with Gasteiger partial charge in [0, 0.05) is 12.2 Å². The average Bonchev–Trinajstić information content (AvgIpc) is 2.20. The third-order valence-electron chi connectivity index (χ3n) is 1.95. The molecular weight excluding hydrogens is 247 g/mol. The van der Waals surface area contributed by atoms with Gasteiger partial charge in [-0.25, -0.2) is 4.98 Å². The Kier molecular flexibility index (Phi) is 4.55. The highest BCUT2D eigenvalue weighted by Gasteiger charge is 2.32. The lowest BCUT2D eigenvalue weighted by molar-refractivity contribution is -0.274. The summed E-state index contributed by atoms with van der Waals surface area (Å²) in [5.41, 5.74) is 11.3. The zero-order valence-electron chi connectivity index (χ0n) is 9.74. The van der Waals surface area contributed by atoms with E-state index in [0.717, 1.165) is 0 Å². The van der Waals surface area contributed by atoms with Gasteiger partial charge in [-0.1, -0.05) is 12.2 Å². The van der Waals surface area contributed by atoms with Crippen molar-refractivity contribution in [2.75, 3.05) is 5.73 Å². The van der Waals surface area contributed by atoms with Crippen LogP contribution in [-0.4, -0.2) is 17.4 Å². The fourth-order valence-electron chi connectivity index (χ4n) is 1.19. The molecule has 1 heterocycles. The van der Waals surface area contributed by atoms with Gasteiger partial charge >= 0.3 is 6.36 Å². The van der Waals surface area contributed by atoms with Gasteiger partial charge in [0.2, 0.25) is 0 Å². The van der Waals surface area contributed by atoms with Gasteiger partial charge in [0.25, 0.3) is 0 Å².